The molecule has 0 aliphatic carbocycles. The average Bonchev–Trinajstić information content (AvgIpc) is 3.50. The number of imidazole rings is 1. The highest BCUT2D eigenvalue weighted by molar-refractivity contribution is 7.89. The third-order valence-electron chi connectivity index (χ3n) is 7.65. The largest absolute Gasteiger partial charge is 0.339 e. The molecule has 1 unspecified atom stereocenters. The second-order valence-corrected chi connectivity index (χ2v) is 12.4. The van der Waals surface area contributed by atoms with Crippen molar-refractivity contribution in [1.82, 2.24) is 29.4 Å². The van der Waals surface area contributed by atoms with Crippen LogP contribution in [0.1, 0.15) is 32.0 Å². The molecule has 3 atom stereocenters. The van der Waals surface area contributed by atoms with E-state index in [0.29, 0.717) is 37.6 Å². The van der Waals surface area contributed by atoms with Gasteiger partial charge in [0.1, 0.15) is 17.9 Å². The third kappa shape index (κ3) is 5.96. The van der Waals surface area contributed by atoms with Gasteiger partial charge in [-0.3, -0.25) is 9.59 Å². The first-order chi connectivity index (χ1) is 18.6. The number of piperidine rings is 1. The zero-order valence-electron chi connectivity index (χ0n) is 22.0. The lowest BCUT2D eigenvalue weighted by molar-refractivity contribution is -0.144. The standard InChI is InChI=1S/C27H33ClN6O4S/c1-18(26(35)33-11-3-4-22(17-33)30-16-25-29-10-13-32(25)2)34-12-9-24(27(34)36)31-39(37,38)23-8-6-19-14-21(28)7-5-20(19)15-23/h5-8,10,13-15,18,22,24,30-31H,3-4,9,11-12,16-17H2,1-2H3/t18?,22-,24-/m0/s1. The maximum atomic E-state index is 13.4. The van der Waals surface area contributed by atoms with Gasteiger partial charge in [-0.1, -0.05) is 23.7 Å². The lowest BCUT2D eigenvalue weighted by Crippen LogP contribution is -2.54. The van der Waals surface area contributed by atoms with E-state index in [1.807, 2.05) is 17.8 Å². The molecule has 5 rings (SSSR count). The molecule has 2 fully saturated rings. The molecule has 12 heteroatoms. The highest BCUT2D eigenvalue weighted by Gasteiger charge is 2.40. The summed E-state index contributed by atoms with van der Waals surface area (Å²) >= 11 is 6.03. The van der Waals surface area contributed by atoms with Gasteiger partial charge >= 0.3 is 0 Å². The van der Waals surface area contributed by atoms with E-state index in [0.717, 1.165) is 29.4 Å². The molecule has 2 aliphatic heterocycles. The number of carbonyl (C=O) groups is 2. The number of nitrogens with zero attached hydrogens (tertiary/aromatic N) is 4. The van der Waals surface area contributed by atoms with E-state index < -0.39 is 22.1 Å². The summed E-state index contributed by atoms with van der Waals surface area (Å²) in [6.45, 7) is 3.83. The van der Waals surface area contributed by atoms with Crippen molar-refractivity contribution in [2.24, 2.45) is 7.05 Å². The molecule has 3 aromatic rings. The van der Waals surface area contributed by atoms with Gasteiger partial charge in [0, 0.05) is 50.1 Å². The smallest absolute Gasteiger partial charge is 0.245 e. The molecule has 2 aromatic carbocycles. The summed E-state index contributed by atoms with van der Waals surface area (Å²) in [5.41, 5.74) is 0. The monoisotopic (exact) mass is 572 g/mol. The Morgan fingerprint density at radius 1 is 1.15 bits per heavy atom. The Morgan fingerprint density at radius 3 is 2.69 bits per heavy atom. The van der Waals surface area contributed by atoms with Crippen LogP contribution in [0, 0.1) is 0 Å². The molecule has 208 valence electrons. The number of fused-ring (bicyclic) bond motifs is 1. The highest BCUT2D eigenvalue weighted by Crippen LogP contribution is 2.24. The van der Waals surface area contributed by atoms with Crippen molar-refractivity contribution in [1.29, 1.82) is 0 Å². The SMILES string of the molecule is CC(C(=O)N1CCC[C@H](NCc2nccn2C)C1)N1CC[C@H](NS(=O)(=O)c2ccc3cc(Cl)ccc3c2)C1=O. The molecule has 0 bridgehead atoms. The minimum atomic E-state index is -3.94. The fourth-order valence-electron chi connectivity index (χ4n) is 5.36. The molecule has 2 saturated heterocycles. The molecule has 2 aliphatic rings. The predicted octanol–water partition coefficient (Wildman–Crippen LogP) is 2.28. The first-order valence-corrected chi connectivity index (χ1v) is 15.0. The van der Waals surface area contributed by atoms with Crippen molar-refractivity contribution < 1.29 is 18.0 Å². The van der Waals surface area contributed by atoms with Crippen LogP contribution in [0.25, 0.3) is 10.8 Å². The van der Waals surface area contributed by atoms with Gasteiger partial charge in [-0.2, -0.15) is 4.72 Å². The number of halogens is 1. The Labute approximate surface area is 233 Å². The summed E-state index contributed by atoms with van der Waals surface area (Å²) in [7, 11) is -2.00. The van der Waals surface area contributed by atoms with E-state index in [2.05, 4.69) is 15.0 Å². The van der Waals surface area contributed by atoms with E-state index in [9.17, 15) is 18.0 Å². The van der Waals surface area contributed by atoms with E-state index in [1.54, 1.807) is 48.4 Å². The fraction of sp³-hybridized carbons (Fsp3) is 0.444. The van der Waals surface area contributed by atoms with Gasteiger partial charge in [0.2, 0.25) is 21.8 Å². The number of nitrogens with one attached hydrogen (secondary N) is 2. The van der Waals surface area contributed by atoms with Crippen LogP contribution in [0.3, 0.4) is 0 Å². The first kappa shape index (κ1) is 27.6. The predicted molar refractivity (Wildman–Crippen MR) is 149 cm³/mol. The van der Waals surface area contributed by atoms with Crippen LogP contribution in [0.2, 0.25) is 5.02 Å². The van der Waals surface area contributed by atoms with Crippen molar-refractivity contribution in [3.05, 3.63) is 59.6 Å². The number of aryl methyl sites for hydroxylation is 1. The number of hydrogen-bond acceptors (Lipinski definition) is 6. The minimum Gasteiger partial charge on any atom is -0.339 e. The molecule has 0 radical (unpaired) electrons. The van der Waals surface area contributed by atoms with Gasteiger partial charge in [0.25, 0.3) is 0 Å². The summed E-state index contributed by atoms with van der Waals surface area (Å²) in [5.74, 6) is 0.424. The summed E-state index contributed by atoms with van der Waals surface area (Å²) in [5, 5.41) is 5.61. The van der Waals surface area contributed by atoms with E-state index in [4.69, 9.17) is 11.6 Å². The number of benzene rings is 2. The average molecular weight is 573 g/mol. The molecule has 1 aromatic heterocycles. The molecule has 0 saturated carbocycles. The Balaban J connectivity index is 1.19. The second-order valence-electron chi connectivity index (χ2n) is 10.3. The topological polar surface area (TPSA) is 117 Å². The van der Waals surface area contributed by atoms with Crippen molar-refractivity contribution in [3.8, 4) is 0 Å². The van der Waals surface area contributed by atoms with Gasteiger partial charge in [-0.05, 0) is 61.2 Å². The molecular weight excluding hydrogens is 540 g/mol. The van der Waals surface area contributed by atoms with Crippen molar-refractivity contribution >= 4 is 44.2 Å². The maximum absolute atomic E-state index is 13.4. The van der Waals surface area contributed by atoms with Crippen molar-refractivity contribution in [3.63, 3.8) is 0 Å². The number of aromatic nitrogens is 2. The lowest BCUT2D eigenvalue weighted by atomic mass is 10.0. The zero-order chi connectivity index (χ0) is 27.7. The Morgan fingerprint density at radius 2 is 1.92 bits per heavy atom. The van der Waals surface area contributed by atoms with Crippen LogP contribution < -0.4 is 10.0 Å². The van der Waals surface area contributed by atoms with Gasteiger partial charge in [0.15, 0.2) is 0 Å². The van der Waals surface area contributed by atoms with Gasteiger partial charge in [-0.15, -0.1) is 0 Å². The van der Waals surface area contributed by atoms with Crippen LogP contribution >= 0.6 is 11.6 Å². The number of likely N-dealkylation sites (tertiary alicyclic amines) is 2. The molecule has 10 nitrogen and oxygen atoms in total. The van der Waals surface area contributed by atoms with E-state index in [1.165, 1.54) is 11.0 Å². The number of amides is 2. The minimum absolute atomic E-state index is 0.0742. The maximum Gasteiger partial charge on any atom is 0.245 e. The zero-order valence-corrected chi connectivity index (χ0v) is 23.6. The Bertz CT molecular complexity index is 1490. The number of rotatable bonds is 8. The second kappa shape index (κ2) is 11.2. The number of hydrogen-bond donors (Lipinski definition) is 2. The van der Waals surface area contributed by atoms with Gasteiger partial charge < -0.3 is 19.7 Å². The van der Waals surface area contributed by atoms with E-state index in [-0.39, 0.29) is 22.8 Å². The summed E-state index contributed by atoms with van der Waals surface area (Å²) in [6.07, 6.45) is 5.77. The molecule has 39 heavy (non-hydrogen) atoms. The van der Waals surface area contributed by atoms with Crippen molar-refractivity contribution in [2.45, 2.75) is 55.8 Å². The van der Waals surface area contributed by atoms with Crippen LogP contribution in [0.15, 0.2) is 53.7 Å². The molecule has 2 amide bonds. The Hall–Kier alpha value is -2.99. The van der Waals surface area contributed by atoms with Crippen LogP contribution in [0.4, 0.5) is 0 Å². The molecule has 2 N–H and O–H groups in total. The van der Waals surface area contributed by atoms with Crippen molar-refractivity contribution in [2.75, 3.05) is 19.6 Å². The summed E-state index contributed by atoms with van der Waals surface area (Å²) in [4.78, 5) is 34.3. The fourth-order valence-corrected chi connectivity index (χ4v) is 6.80. The van der Waals surface area contributed by atoms with Crippen LogP contribution in [-0.4, -0.2) is 77.3 Å². The van der Waals surface area contributed by atoms with Gasteiger partial charge in [0.05, 0.1) is 11.4 Å². The Kier molecular flexibility index (Phi) is 7.95. The lowest BCUT2D eigenvalue weighted by Gasteiger charge is -2.36. The number of sulfonamides is 1. The van der Waals surface area contributed by atoms with Gasteiger partial charge in [-0.25, -0.2) is 13.4 Å². The van der Waals surface area contributed by atoms with E-state index >= 15 is 0 Å². The quantitative estimate of drug-likeness (QED) is 0.428. The molecule has 3 heterocycles. The number of carbonyl (C=O) groups excluding carboxylic acids is 2. The summed E-state index contributed by atoms with van der Waals surface area (Å²) in [6, 6.07) is 8.51. The van der Waals surface area contributed by atoms with Crippen LogP contribution in [-0.2, 0) is 33.2 Å². The normalized spacial score (nSPS) is 21.1. The summed E-state index contributed by atoms with van der Waals surface area (Å²) < 4.78 is 30.7. The third-order valence-corrected chi connectivity index (χ3v) is 9.35. The van der Waals surface area contributed by atoms with Crippen LogP contribution in [0.5, 0.6) is 0 Å². The molecular formula is C27H33ClN6O4S. The first-order valence-electron chi connectivity index (χ1n) is 13.1. The molecule has 0 spiro atoms. The highest BCUT2D eigenvalue weighted by atomic mass is 35.5.